The molecule has 31 heavy (non-hydrogen) atoms. The Kier molecular flexibility index (Phi) is 6.42. The lowest BCUT2D eigenvalue weighted by atomic mass is 9.87. The second-order valence-electron chi connectivity index (χ2n) is 7.97. The van der Waals surface area contributed by atoms with E-state index in [9.17, 15) is 10.1 Å². The first-order valence-corrected chi connectivity index (χ1v) is 10.5. The van der Waals surface area contributed by atoms with Crippen LogP contribution in [-0.2, 0) is 4.79 Å². The van der Waals surface area contributed by atoms with Gasteiger partial charge >= 0.3 is 0 Å². The number of amides is 1. The standard InChI is InChI=1S/C25H26ClN3O2/c1-6-29-22-13-23(31-5)17(11-21(22)16(2)14-25(29,3)4)10-18(15-27)24(30)28-20-9-7-8-19(26)12-20/h7-14H,6H2,1-5H3,(H,28,30)/b18-10+. The molecule has 3 rings (SSSR count). The van der Waals surface area contributed by atoms with E-state index in [0.717, 1.165) is 23.4 Å². The van der Waals surface area contributed by atoms with Gasteiger partial charge < -0.3 is 15.0 Å². The van der Waals surface area contributed by atoms with E-state index in [1.807, 2.05) is 18.2 Å². The van der Waals surface area contributed by atoms with E-state index < -0.39 is 5.91 Å². The minimum absolute atomic E-state index is 0.0247. The molecule has 0 fully saturated rings. The quantitative estimate of drug-likeness (QED) is 0.468. The highest BCUT2D eigenvalue weighted by Crippen LogP contribution is 2.42. The zero-order chi connectivity index (χ0) is 22.8. The third-order valence-electron chi connectivity index (χ3n) is 5.39. The molecule has 0 atom stereocenters. The zero-order valence-corrected chi connectivity index (χ0v) is 19.2. The molecule has 0 radical (unpaired) electrons. The number of carbonyl (C=O) groups excluding carboxylic acids is 1. The molecular formula is C25H26ClN3O2. The van der Waals surface area contributed by atoms with Gasteiger partial charge in [-0.2, -0.15) is 5.26 Å². The number of hydrogen-bond acceptors (Lipinski definition) is 4. The number of anilines is 2. The van der Waals surface area contributed by atoms with Gasteiger partial charge in [0.25, 0.3) is 5.91 Å². The highest BCUT2D eigenvalue weighted by atomic mass is 35.5. The van der Waals surface area contributed by atoms with Crippen molar-refractivity contribution in [1.29, 1.82) is 5.26 Å². The second-order valence-corrected chi connectivity index (χ2v) is 8.41. The molecular weight excluding hydrogens is 410 g/mol. The first-order chi connectivity index (χ1) is 14.7. The molecule has 0 aliphatic carbocycles. The number of nitrogens with zero attached hydrogens (tertiary/aromatic N) is 2. The van der Waals surface area contributed by atoms with Crippen LogP contribution in [0, 0.1) is 11.3 Å². The topological polar surface area (TPSA) is 65.4 Å². The van der Waals surface area contributed by atoms with Crippen LogP contribution in [0.3, 0.4) is 0 Å². The predicted octanol–water partition coefficient (Wildman–Crippen LogP) is 5.92. The molecule has 0 unspecified atom stereocenters. The third-order valence-corrected chi connectivity index (χ3v) is 5.63. The minimum Gasteiger partial charge on any atom is -0.496 e. The van der Waals surface area contributed by atoms with E-state index in [1.165, 1.54) is 0 Å². The maximum atomic E-state index is 12.7. The predicted molar refractivity (Wildman–Crippen MR) is 127 cm³/mol. The fourth-order valence-electron chi connectivity index (χ4n) is 4.06. The van der Waals surface area contributed by atoms with Gasteiger partial charge in [-0.15, -0.1) is 0 Å². The Morgan fingerprint density at radius 2 is 2.06 bits per heavy atom. The molecule has 0 saturated heterocycles. The number of halogens is 1. The van der Waals surface area contributed by atoms with Crippen molar-refractivity contribution in [1.82, 2.24) is 0 Å². The van der Waals surface area contributed by atoms with E-state index in [1.54, 1.807) is 37.5 Å². The second kappa shape index (κ2) is 8.87. The summed E-state index contributed by atoms with van der Waals surface area (Å²) in [5, 5.41) is 12.8. The van der Waals surface area contributed by atoms with E-state index >= 15 is 0 Å². The Morgan fingerprint density at radius 1 is 1.32 bits per heavy atom. The van der Waals surface area contributed by atoms with Crippen LogP contribution in [0.25, 0.3) is 11.6 Å². The average molecular weight is 436 g/mol. The van der Waals surface area contributed by atoms with Crippen LogP contribution in [0.4, 0.5) is 11.4 Å². The lowest BCUT2D eigenvalue weighted by Crippen LogP contribution is -2.44. The summed E-state index contributed by atoms with van der Waals surface area (Å²) in [5.41, 5.74) is 4.32. The van der Waals surface area contributed by atoms with Crippen molar-refractivity contribution in [2.45, 2.75) is 33.2 Å². The monoisotopic (exact) mass is 435 g/mol. The van der Waals surface area contributed by atoms with Gasteiger partial charge in [-0.25, -0.2) is 0 Å². The van der Waals surface area contributed by atoms with Crippen molar-refractivity contribution in [3.8, 4) is 11.8 Å². The molecule has 1 heterocycles. The molecule has 1 amide bonds. The van der Waals surface area contributed by atoms with Crippen molar-refractivity contribution in [3.05, 3.63) is 64.2 Å². The van der Waals surface area contributed by atoms with Crippen LogP contribution in [0.15, 0.2) is 48.0 Å². The maximum Gasteiger partial charge on any atom is 0.266 e. The van der Waals surface area contributed by atoms with Crippen LogP contribution in [0.5, 0.6) is 5.75 Å². The number of benzene rings is 2. The fraction of sp³-hybridized carbons (Fsp3) is 0.280. The average Bonchev–Trinajstić information content (AvgIpc) is 2.71. The molecule has 0 saturated carbocycles. The summed E-state index contributed by atoms with van der Waals surface area (Å²) in [6, 6.07) is 12.7. The van der Waals surface area contributed by atoms with Gasteiger partial charge in [0.05, 0.1) is 12.6 Å². The largest absolute Gasteiger partial charge is 0.496 e. The SMILES string of the molecule is CCN1c2cc(OC)c(/C=C(\C#N)C(=O)Nc3cccc(Cl)c3)cc2C(C)=CC1(C)C. The molecule has 6 heteroatoms. The summed E-state index contributed by atoms with van der Waals surface area (Å²) in [7, 11) is 1.59. The van der Waals surface area contributed by atoms with Crippen molar-refractivity contribution < 1.29 is 9.53 Å². The highest BCUT2D eigenvalue weighted by molar-refractivity contribution is 6.31. The lowest BCUT2D eigenvalue weighted by molar-refractivity contribution is -0.112. The number of ether oxygens (including phenoxy) is 1. The summed E-state index contributed by atoms with van der Waals surface area (Å²) >= 11 is 5.98. The Labute approximate surface area is 188 Å². The molecule has 1 aliphatic rings. The van der Waals surface area contributed by atoms with Crippen LogP contribution >= 0.6 is 11.6 Å². The molecule has 0 spiro atoms. The summed E-state index contributed by atoms with van der Waals surface area (Å²) in [4.78, 5) is 15.0. The minimum atomic E-state index is -0.506. The first kappa shape index (κ1) is 22.5. The zero-order valence-electron chi connectivity index (χ0n) is 18.4. The maximum absolute atomic E-state index is 12.7. The summed E-state index contributed by atoms with van der Waals surface area (Å²) in [6.45, 7) is 9.39. The molecule has 160 valence electrons. The smallest absolute Gasteiger partial charge is 0.266 e. The number of rotatable bonds is 5. The van der Waals surface area contributed by atoms with Crippen molar-refractivity contribution >= 4 is 40.5 Å². The number of fused-ring (bicyclic) bond motifs is 1. The Hall–Kier alpha value is -3.23. The molecule has 1 aliphatic heterocycles. The van der Waals surface area contributed by atoms with Crippen molar-refractivity contribution in [3.63, 3.8) is 0 Å². The molecule has 5 nitrogen and oxygen atoms in total. The van der Waals surface area contributed by atoms with Gasteiger partial charge in [0.2, 0.25) is 0 Å². The normalized spacial score (nSPS) is 14.9. The van der Waals surface area contributed by atoms with Gasteiger partial charge in [0.15, 0.2) is 0 Å². The first-order valence-electron chi connectivity index (χ1n) is 10.1. The number of nitriles is 1. The molecule has 2 aromatic rings. The van der Waals surface area contributed by atoms with Gasteiger partial charge in [-0.1, -0.05) is 23.7 Å². The number of allylic oxidation sites excluding steroid dienone is 1. The number of methoxy groups -OCH3 is 1. The Morgan fingerprint density at radius 3 is 2.68 bits per heavy atom. The van der Waals surface area contributed by atoms with Crippen molar-refractivity contribution in [2.75, 3.05) is 23.9 Å². The van der Waals surface area contributed by atoms with Crippen LogP contribution < -0.4 is 15.0 Å². The van der Waals surface area contributed by atoms with E-state index in [2.05, 4.69) is 44.0 Å². The fourth-order valence-corrected chi connectivity index (χ4v) is 4.25. The number of carbonyl (C=O) groups is 1. The summed E-state index contributed by atoms with van der Waals surface area (Å²) in [6.07, 6.45) is 3.79. The van der Waals surface area contributed by atoms with E-state index in [0.29, 0.717) is 22.0 Å². The number of likely N-dealkylation sites (N-methyl/N-ethyl adjacent to an activating group) is 1. The van der Waals surface area contributed by atoms with Gasteiger partial charge in [-0.05, 0) is 63.6 Å². The number of hydrogen-bond donors (Lipinski definition) is 1. The third kappa shape index (κ3) is 4.60. The van der Waals surface area contributed by atoms with Gasteiger partial charge in [0, 0.05) is 40.1 Å². The summed E-state index contributed by atoms with van der Waals surface area (Å²) < 4.78 is 5.62. The summed E-state index contributed by atoms with van der Waals surface area (Å²) in [5.74, 6) is 0.0964. The van der Waals surface area contributed by atoms with Crippen LogP contribution in [-0.4, -0.2) is 25.1 Å². The Balaban J connectivity index is 2.04. The highest BCUT2D eigenvalue weighted by Gasteiger charge is 2.31. The van der Waals surface area contributed by atoms with Gasteiger partial charge in [-0.3, -0.25) is 4.79 Å². The van der Waals surface area contributed by atoms with Gasteiger partial charge in [0.1, 0.15) is 17.4 Å². The molecule has 1 N–H and O–H groups in total. The number of nitrogens with one attached hydrogen (secondary N) is 1. The van der Waals surface area contributed by atoms with Crippen LogP contribution in [0.2, 0.25) is 5.02 Å². The molecule has 0 aromatic heterocycles. The van der Waals surface area contributed by atoms with Crippen LogP contribution in [0.1, 0.15) is 38.8 Å². The lowest BCUT2D eigenvalue weighted by Gasteiger charge is -2.43. The van der Waals surface area contributed by atoms with E-state index in [-0.39, 0.29) is 11.1 Å². The molecule has 2 aromatic carbocycles. The molecule has 0 bridgehead atoms. The van der Waals surface area contributed by atoms with Crippen molar-refractivity contribution in [2.24, 2.45) is 0 Å². The van der Waals surface area contributed by atoms with E-state index in [4.69, 9.17) is 16.3 Å². The Bertz CT molecular complexity index is 1130.